The molecule has 132 valence electrons. The second-order valence-electron chi connectivity index (χ2n) is 5.23. The van der Waals surface area contributed by atoms with Crippen LogP contribution in [-0.2, 0) is 16.1 Å². The first-order valence-electron chi connectivity index (χ1n) is 7.33. The van der Waals surface area contributed by atoms with Crippen molar-refractivity contribution in [3.05, 3.63) is 64.7 Å². The van der Waals surface area contributed by atoms with Crippen molar-refractivity contribution in [2.24, 2.45) is 0 Å². The Morgan fingerprint density at radius 1 is 1.08 bits per heavy atom. The third kappa shape index (κ3) is 5.15. The van der Waals surface area contributed by atoms with E-state index in [0.717, 1.165) is 0 Å². The molecule has 0 bridgehead atoms. The lowest BCUT2D eigenvalue weighted by Crippen LogP contribution is -2.42. The Labute approximate surface area is 148 Å². The summed E-state index contributed by atoms with van der Waals surface area (Å²) in [5.74, 6) is -2.13. The van der Waals surface area contributed by atoms with Crippen LogP contribution in [0.4, 0.5) is 14.5 Å². The molecule has 8 heteroatoms. The number of nitrogens with two attached hydrogens (primary N) is 1. The normalized spacial score (nSPS) is 11.8. The minimum Gasteiger partial charge on any atom is -0.398 e. The molecular weight excluding hydrogens is 352 g/mol. The van der Waals surface area contributed by atoms with Gasteiger partial charge < -0.3 is 16.4 Å². The maximum atomic E-state index is 12.5. The predicted octanol–water partition coefficient (Wildman–Crippen LogP) is 2.66. The number of alkyl halides is 2. The number of hydrogen-bond donors (Lipinski definition) is 3. The van der Waals surface area contributed by atoms with E-state index in [9.17, 15) is 18.4 Å². The summed E-state index contributed by atoms with van der Waals surface area (Å²) in [4.78, 5) is 23.7. The van der Waals surface area contributed by atoms with Gasteiger partial charge in [0.1, 0.15) is 6.04 Å². The number of benzene rings is 2. The van der Waals surface area contributed by atoms with Crippen molar-refractivity contribution in [2.45, 2.75) is 19.0 Å². The van der Waals surface area contributed by atoms with Crippen molar-refractivity contribution in [3.63, 3.8) is 0 Å². The number of amides is 2. The van der Waals surface area contributed by atoms with E-state index in [-0.39, 0.29) is 6.54 Å². The molecule has 0 spiro atoms. The van der Waals surface area contributed by atoms with Crippen molar-refractivity contribution in [2.75, 3.05) is 5.73 Å². The van der Waals surface area contributed by atoms with Crippen LogP contribution in [0.3, 0.4) is 0 Å². The first-order valence-corrected chi connectivity index (χ1v) is 7.71. The fraction of sp³-hybridized carbons (Fsp3) is 0.176. The van der Waals surface area contributed by atoms with Gasteiger partial charge in [0.15, 0.2) is 0 Å². The van der Waals surface area contributed by atoms with E-state index in [1.807, 2.05) is 5.32 Å². The molecule has 0 aromatic heterocycles. The van der Waals surface area contributed by atoms with Gasteiger partial charge in [-0.2, -0.15) is 8.78 Å². The molecule has 1 atom stereocenters. The average Bonchev–Trinajstić information content (AvgIpc) is 2.60. The Balaban J connectivity index is 2.11. The van der Waals surface area contributed by atoms with Crippen LogP contribution >= 0.6 is 11.6 Å². The van der Waals surface area contributed by atoms with E-state index in [0.29, 0.717) is 21.8 Å². The minimum atomic E-state index is -3.21. The van der Waals surface area contributed by atoms with Crippen LogP contribution in [0, 0.1) is 0 Å². The third-order valence-corrected chi connectivity index (χ3v) is 3.74. The molecule has 0 radical (unpaired) electrons. The molecule has 0 fully saturated rings. The van der Waals surface area contributed by atoms with E-state index in [1.165, 1.54) is 0 Å². The highest BCUT2D eigenvalue weighted by molar-refractivity contribution is 6.33. The lowest BCUT2D eigenvalue weighted by molar-refractivity contribution is -0.136. The van der Waals surface area contributed by atoms with E-state index < -0.39 is 24.3 Å². The minimum absolute atomic E-state index is 0.104. The highest BCUT2D eigenvalue weighted by atomic mass is 35.5. The molecule has 0 heterocycles. The molecular formula is C17H16ClF2N3O2. The monoisotopic (exact) mass is 367 g/mol. The third-order valence-electron chi connectivity index (χ3n) is 3.41. The second-order valence-corrected chi connectivity index (χ2v) is 5.63. The Kier molecular flexibility index (Phi) is 6.30. The predicted molar refractivity (Wildman–Crippen MR) is 91.0 cm³/mol. The summed E-state index contributed by atoms with van der Waals surface area (Å²) < 4.78 is 25.1. The van der Waals surface area contributed by atoms with Gasteiger partial charge in [-0.1, -0.05) is 48.0 Å². The van der Waals surface area contributed by atoms with Gasteiger partial charge in [-0.3, -0.25) is 9.59 Å². The number of anilines is 1. The van der Waals surface area contributed by atoms with Gasteiger partial charge >= 0.3 is 6.43 Å². The summed E-state index contributed by atoms with van der Waals surface area (Å²) in [6.45, 7) is 0.104. The van der Waals surface area contributed by atoms with E-state index in [4.69, 9.17) is 17.3 Å². The van der Waals surface area contributed by atoms with Crippen molar-refractivity contribution in [3.8, 4) is 0 Å². The zero-order valence-corrected chi connectivity index (χ0v) is 13.8. The van der Waals surface area contributed by atoms with Crippen LogP contribution in [0.1, 0.15) is 17.2 Å². The molecule has 5 nitrogen and oxygen atoms in total. The Morgan fingerprint density at radius 2 is 1.76 bits per heavy atom. The zero-order valence-electron chi connectivity index (χ0n) is 13.0. The Morgan fingerprint density at radius 3 is 2.36 bits per heavy atom. The largest absolute Gasteiger partial charge is 0.398 e. The molecule has 0 saturated heterocycles. The molecule has 4 N–H and O–H groups in total. The Hall–Kier alpha value is -2.67. The van der Waals surface area contributed by atoms with Crippen molar-refractivity contribution < 1.29 is 18.4 Å². The van der Waals surface area contributed by atoms with Crippen molar-refractivity contribution >= 4 is 29.1 Å². The first-order chi connectivity index (χ1) is 11.9. The lowest BCUT2D eigenvalue weighted by atomic mass is 10.1. The van der Waals surface area contributed by atoms with Gasteiger partial charge in [-0.05, 0) is 23.3 Å². The molecule has 2 amide bonds. The van der Waals surface area contributed by atoms with Crippen LogP contribution < -0.4 is 16.4 Å². The standard InChI is InChI=1S/C17H16ClF2N3O2/c18-12-8-10(6-7-13(12)21)9-22-16(24)14(23-17(25)15(19)20)11-4-2-1-3-5-11/h1-8,14-15H,9,21H2,(H,22,24)(H,23,25). The topological polar surface area (TPSA) is 84.2 Å². The molecule has 1 unspecified atom stereocenters. The van der Waals surface area contributed by atoms with Crippen LogP contribution in [0.15, 0.2) is 48.5 Å². The van der Waals surface area contributed by atoms with Crippen LogP contribution in [0.25, 0.3) is 0 Å². The van der Waals surface area contributed by atoms with Crippen molar-refractivity contribution in [1.29, 1.82) is 0 Å². The van der Waals surface area contributed by atoms with E-state index in [2.05, 4.69) is 5.32 Å². The summed E-state index contributed by atoms with van der Waals surface area (Å²) in [6.07, 6.45) is -3.21. The van der Waals surface area contributed by atoms with Gasteiger partial charge in [0.2, 0.25) is 5.91 Å². The van der Waals surface area contributed by atoms with E-state index in [1.54, 1.807) is 48.5 Å². The van der Waals surface area contributed by atoms with Crippen LogP contribution in [0.5, 0.6) is 0 Å². The number of nitrogens with one attached hydrogen (secondary N) is 2. The van der Waals surface area contributed by atoms with Crippen molar-refractivity contribution in [1.82, 2.24) is 10.6 Å². The molecule has 0 aliphatic heterocycles. The van der Waals surface area contributed by atoms with Gasteiger partial charge in [0.05, 0.1) is 10.7 Å². The first kappa shape index (κ1) is 18.7. The molecule has 2 rings (SSSR count). The van der Waals surface area contributed by atoms with Gasteiger partial charge in [-0.15, -0.1) is 0 Å². The smallest absolute Gasteiger partial charge is 0.315 e. The number of carbonyl (C=O) groups excluding carboxylic acids is 2. The summed E-state index contributed by atoms with van der Waals surface area (Å²) in [7, 11) is 0. The fourth-order valence-electron chi connectivity index (χ4n) is 2.12. The summed E-state index contributed by atoms with van der Waals surface area (Å²) >= 11 is 5.91. The quantitative estimate of drug-likeness (QED) is 0.686. The van der Waals surface area contributed by atoms with Gasteiger partial charge in [0, 0.05) is 6.54 Å². The van der Waals surface area contributed by atoms with Crippen LogP contribution in [0.2, 0.25) is 5.02 Å². The highest BCUT2D eigenvalue weighted by Gasteiger charge is 2.26. The zero-order chi connectivity index (χ0) is 18.4. The lowest BCUT2D eigenvalue weighted by Gasteiger charge is -2.19. The van der Waals surface area contributed by atoms with Crippen LogP contribution in [-0.4, -0.2) is 18.2 Å². The number of hydrogen-bond acceptors (Lipinski definition) is 3. The molecule has 0 aliphatic carbocycles. The average molecular weight is 368 g/mol. The fourth-order valence-corrected chi connectivity index (χ4v) is 2.33. The molecule has 2 aromatic rings. The Bertz CT molecular complexity index is 757. The van der Waals surface area contributed by atoms with E-state index >= 15 is 0 Å². The molecule has 2 aromatic carbocycles. The SMILES string of the molecule is Nc1ccc(CNC(=O)C(NC(=O)C(F)F)c2ccccc2)cc1Cl. The number of rotatable bonds is 6. The van der Waals surface area contributed by atoms with Gasteiger partial charge in [-0.25, -0.2) is 0 Å². The second kappa shape index (κ2) is 8.43. The molecule has 0 aliphatic rings. The molecule has 25 heavy (non-hydrogen) atoms. The van der Waals surface area contributed by atoms with Gasteiger partial charge in [0.25, 0.3) is 5.91 Å². The number of halogens is 3. The summed E-state index contributed by atoms with van der Waals surface area (Å²) in [6, 6.07) is 11.8. The maximum absolute atomic E-state index is 12.5. The maximum Gasteiger partial charge on any atom is 0.315 e. The number of nitrogen functional groups attached to an aromatic ring is 1. The summed E-state index contributed by atoms with van der Waals surface area (Å²) in [5.41, 5.74) is 7.09. The molecule has 0 saturated carbocycles. The summed E-state index contributed by atoms with van der Waals surface area (Å²) in [5, 5.41) is 4.98. The number of carbonyl (C=O) groups is 2. The highest BCUT2D eigenvalue weighted by Crippen LogP contribution is 2.20.